The van der Waals surface area contributed by atoms with Gasteiger partial charge in [-0.3, -0.25) is 4.79 Å². The largest absolute Gasteiger partial charge is 0.508 e. The lowest BCUT2D eigenvalue weighted by Crippen LogP contribution is -2.45. The Balaban J connectivity index is 1.65. The van der Waals surface area contributed by atoms with E-state index in [1.807, 2.05) is 6.07 Å². The molecule has 1 unspecified atom stereocenters. The number of H-pyrrole nitrogens is 1. The van der Waals surface area contributed by atoms with Gasteiger partial charge < -0.3 is 30.2 Å². The second kappa shape index (κ2) is 8.11. The van der Waals surface area contributed by atoms with Gasteiger partial charge in [0.05, 0.1) is 12.6 Å². The highest BCUT2D eigenvalue weighted by atomic mass is 16.6. The Kier molecular flexibility index (Phi) is 5.46. The minimum Gasteiger partial charge on any atom is -0.508 e. The number of nitrogens with zero attached hydrogens (tertiary/aromatic N) is 1. The third kappa shape index (κ3) is 4.34. The van der Waals surface area contributed by atoms with Crippen molar-refractivity contribution in [2.75, 3.05) is 6.54 Å². The van der Waals surface area contributed by atoms with E-state index in [1.165, 1.54) is 0 Å². The lowest BCUT2D eigenvalue weighted by molar-refractivity contribution is -0.134. The Morgan fingerprint density at radius 1 is 1.19 bits per heavy atom. The minimum atomic E-state index is -0.665. The van der Waals surface area contributed by atoms with Crippen LogP contribution in [0.4, 0.5) is 4.79 Å². The maximum atomic E-state index is 13.2. The molecule has 8 nitrogen and oxygen atoms in total. The normalized spacial score (nSPS) is 16.0. The number of carbonyl (C=O) groups is 2. The van der Waals surface area contributed by atoms with E-state index in [0.29, 0.717) is 12.0 Å². The van der Waals surface area contributed by atoms with Gasteiger partial charge >= 0.3 is 6.09 Å². The Labute approximate surface area is 185 Å². The maximum absolute atomic E-state index is 13.2. The van der Waals surface area contributed by atoms with Crippen LogP contribution in [-0.2, 0) is 22.5 Å². The van der Waals surface area contributed by atoms with E-state index in [0.717, 1.165) is 22.2 Å². The summed E-state index contributed by atoms with van der Waals surface area (Å²) in [6.45, 7) is 5.31. The molecular weight excluding hydrogens is 410 g/mol. The molecule has 0 saturated carbocycles. The Morgan fingerprint density at radius 2 is 1.94 bits per heavy atom. The molecule has 3 aromatic rings. The number of amides is 2. The van der Waals surface area contributed by atoms with Crippen LogP contribution in [0.2, 0.25) is 0 Å². The van der Waals surface area contributed by atoms with Crippen LogP contribution in [0.15, 0.2) is 42.5 Å². The van der Waals surface area contributed by atoms with Crippen LogP contribution < -0.4 is 5.32 Å². The standard InChI is InChI=1S/C24H27N3O5/c1-24(2,3)32-23(31)25-12-22(30)27-13-19-17(16-10-14(28)8-9-18(16)26-19)11-20(27)15-6-4-5-7-21(15)29/h4-10,20,26,28-29H,11-13H2,1-3H3,(H,25,31). The number of fused-ring (bicyclic) bond motifs is 3. The Bertz CT molecular complexity index is 1180. The first-order chi connectivity index (χ1) is 15.1. The SMILES string of the molecule is CC(C)(C)OC(=O)NCC(=O)N1Cc2[nH]c3ccc(O)cc3c2CC1c1ccccc1O. The minimum absolute atomic E-state index is 0.0986. The van der Waals surface area contributed by atoms with Gasteiger partial charge in [0.2, 0.25) is 5.91 Å². The molecule has 168 valence electrons. The van der Waals surface area contributed by atoms with Gasteiger partial charge in [-0.2, -0.15) is 0 Å². The molecule has 0 saturated heterocycles. The number of carbonyl (C=O) groups excluding carboxylic acids is 2. The number of phenolic OH excluding ortho intramolecular Hbond substituents is 2. The number of alkyl carbamates (subject to hydrolysis) is 1. The predicted octanol–water partition coefficient (Wildman–Crippen LogP) is 3.73. The van der Waals surface area contributed by atoms with Gasteiger partial charge in [-0.25, -0.2) is 4.79 Å². The number of rotatable bonds is 3. The molecule has 8 heteroatoms. The van der Waals surface area contributed by atoms with Crippen LogP contribution in [0.25, 0.3) is 10.9 Å². The van der Waals surface area contributed by atoms with Crippen molar-refractivity contribution in [3.8, 4) is 11.5 Å². The average molecular weight is 437 g/mol. The number of aromatic nitrogens is 1. The fourth-order valence-corrected chi connectivity index (χ4v) is 4.12. The summed E-state index contributed by atoms with van der Waals surface area (Å²) < 4.78 is 5.22. The molecule has 0 radical (unpaired) electrons. The van der Waals surface area contributed by atoms with Crippen molar-refractivity contribution >= 4 is 22.9 Å². The lowest BCUT2D eigenvalue weighted by Gasteiger charge is -2.36. The first-order valence-electron chi connectivity index (χ1n) is 10.5. The molecule has 0 fully saturated rings. The van der Waals surface area contributed by atoms with E-state index in [9.17, 15) is 19.8 Å². The molecule has 0 bridgehead atoms. The zero-order chi connectivity index (χ0) is 23.0. The van der Waals surface area contributed by atoms with Gasteiger partial charge in [0.15, 0.2) is 0 Å². The van der Waals surface area contributed by atoms with Crippen molar-refractivity contribution in [2.24, 2.45) is 0 Å². The highest BCUT2D eigenvalue weighted by Crippen LogP contribution is 2.40. The van der Waals surface area contributed by atoms with Gasteiger partial charge in [-0.05, 0) is 57.0 Å². The molecule has 0 aliphatic carbocycles. The smallest absolute Gasteiger partial charge is 0.408 e. The Hall–Kier alpha value is -3.68. The fraction of sp³-hybridized carbons (Fsp3) is 0.333. The molecule has 2 aromatic carbocycles. The number of hydrogen-bond acceptors (Lipinski definition) is 5. The summed E-state index contributed by atoms with van der Waals surface area (Å²) in [5, 5.41) is 23.8. The van der Waals surface area contributed by atoms with E-state index in [4.69, 9.17) is 4.74 Å². The van der Waals surface area contributed by atoms with Crippen molar-refractivity contribution in [3.05, 3.63) is 59.3 Å². The third-order valence-electron chi connectivity index (χ3n) is 5.48. The lowest BCUT2D eigenvalue weighted by atomic mass is 9.91. The average Bonchev–Trinajstić information content (AvgIpc) is 3.07. The van der Waals surface area contributed by atoms with Crippen LogP contribution >= 0.6 is 0 Å². The van der Waals surface area contributed by atoms with Gasteiger partial charge in [0, 0.05) is 22.2 Å². The molecule has 2 amide bonds. The number of hydrogen-bond donors (Lipinski definition) is 4. The van der Waals surface area contributed by atoms with Crippen molar-refractivity contribution < 1.29 is 24.5 Å². The van der Waals surface area contributed by atoms with Crippen molar-refractivity contribution in [1.82, 2.24) is 15.2 Å². The number of para-hydroxylation sites is 1. The van der Waals surface area contributed by atoms with Gasteiger partial charge in [0.1, 0.15) is 23.6 Å². The van der Waals surface area contributed by atoms with Gasteiger partial charge in [-0.15, -0.1) is 0 Å². The topological polar surface area (TPSA) is 115 Å². The second-order valence-electron chi connectivity index (χ2n) is 8.97. The predicted molar refractivity (Wildman–Crippen MR) is 119 cm³/mol. The maximum Gasteiger partial charge on any atom is 0.408 e. The zero-order valence-corrected chi connectivity index (χ0v) is 18.3. The number of aromatic amines is 1. The fourth-order valence-electron chi connectivity index (χ4n) is 4.12. The zero-order valence-electron chi connectivity index (χ0n) is 18.3. The summed E-state index contributed by atoms with van der Waals surface area (Å²) in [5.74, 6) is -0.0312. The van der Waals surface area contributed by atoms with Crippen LogP contribution in [0.1, 0.15) is 43.6 Å². The van der Waals surface area contributed by atoms with Gasteiger partial charge in [0.25, 0.3) is 0 Å². The summed E-state index contributed by atoms with van der Waals surface area (Å²) in [4.78, 5) is 30.2. The van der Waals surface area contributed by atoms with Crippen molar-refractivity contribution in [3.63, 3.8) is 0 Å². The molecular formula is C24H27N3O5. The van der Waals surface area contributed by atoms with E-state index in [1.54, 1.807) is 62.1 Å². The highest BCUT2D eigenvalue weighted by Gasteiger charge is 2.34. The van der Waals surface area contributed by atoms with Crippen LogP contribution in [-0.4, -0.2) is 44.2 Å². The number of benzene rings is 2. The van der Waals surface area contributed by atoms with Crippen LogP contribution in [0.3, 0.4) is 0 Å². The van der Waals surface area contributed by atoms with Gasteiger partial charge in [-0.1, -0.05) is 18.2 Å². The Morgan fingerprint density at radius 3 is 2.66 bits per heavy atom. The molecule has 1 aromatic heterocycles. The van der Waals surface area contributed by atoms with E-state index >= 15 is 0 Å². The molecule has 1 atom stereocenters. The van der Waals surface area contributed by atoms with Crippen LogP contribution in [0, 0.1) is 0 Å². The monoisotopic (exact) mass is 437 g/mol. The summed E-state index contributed by atoms with van der Waals surface area (Å²) >= 11 is 0. The van der Waals surface area contributed by atoms with Crippen LogP contribution in [0.5, 0.6) is 11.5 Å². The summed E-state index contributed by atoms with van der Waals surface area (Å²) in [7, 11) is 0. The third-order valence-corrected chi connectivity index (χ3v) is 5.48. The van der Waals surface area contributed by atoms with Crippen molar-refractivity contribution in [2.45, 2.75) is 45.4 Å². The molecule has 4 N–H and O–H groups in total. The van der Waals surface area contributed by atoms with E-state index in [2.05, 4.69) is 10.3 Å². The number of nitrogens with one attached hydrogen (secondary N) is 2. The molecule has 0 spiro atoms. The first-order valence-corrected chi connectivity index (χ1v) is 10.5. The highest BCUT2D eigenvalue weighted by molar-refractivity contribution is 5.88. The summed E-state index contributed by atoms with van der Waals surface area (Å²) in [5.41, 5.74) is 2.68. The molecule has 2 heterocycles. The van der Waals surface area contributed by atoms with Crippen molar-refractivity contribution in [1.29, 1.82) is 0 Å². The second-order valence-corrected chi connectivity index (χ2v) is 8.97. The number of phenols is 2. The molecule has 1 aliphatic heterocycles. The molecule has 4 rings (SSSR count). The van der Waals surface area contributed by atoms with E-state index < -0.39 is 17.7 Å². The number of ether oxygens (including phenoxy) is 1. The quantitative estimate of drug-likeness (QED) is 0.498. The molecule has 1 aliphatic rings. The van der Waals surface area contributed by atoms with E-state index in [-0.39, 0.29) is 30.5 Å². The first kappa shape index (κ1) is 21.5. The summed E-state index contributed by atoms with van der Waals surface area (Å²) in [6, 6.07) is 11.6. The number of aromatic hydroxyl groups is 2. The summed E-state index contributed by atoms with van der Waals surface area (Å²) in [6.07, 6.45) is -0.210. The molecule has 32 heavy (non-hydrogen) atoms.